The van der Waals surface area contributed by atoms with Crippen molar-refractivity contribution in [2.75, 3.05) is 25.5 Å². The van der Waals surface area contributed by atoms with Gasteiger partial charge in [0.25, 0.3) is 5.91 Å². The Kier molecular flexibility index (Phi) is 5.98. The van der Waals surface area contributed by atoms with Crippen molar-refractivity contribution in [3.63, 3.8) is 0 Å². The Labute approximate surface area is 159 Å². The van der Waals surface area contributed by atoms with Crippen molar-refractivity contribution in [3.05, 3.63) is 29.8 Å². The lowest BCUT2D eigenvalue weighted by Crippen LogP contribution is -2.44. The largest absolute Gasteiger partial charge is 0.480 e. The Morgan fingerprint density at radius 2 is 1.78 bits per heavy atom. The van der Waals surface area contributed by atoms with Crippen LogP contribution in [0, 0.1) is 0 Å². The second-order valence-electron chi connectivity index (χ2n) is 7.83. The maximum atomic E-state index is 12.5. The number of carbonyl (C=O) groups excluding carboxylic acids is 2. The molecular formula is C19H27N3O5. The molecule has 0 saturated carbocycles. The van der Waals surface area contributed by atoms with Crippen LogP contribution in [0.15, 0.2) is 24.3 Å². The molecule has 1 aromatic rings. The Balaban J connectivity index is 2.05. The molecule has 8 heteroatoms. The van der Waals surface area contributed by atoms with Crippen LogP contribution in [0.25, 0.3) is 0 Å². The molecule has 0 aliphatic carbocycles. The first kappa shape index (κ1) is 20.5. The predicted octanol–water partition coefficient (Wildman–Crippen LogP) is 1.94. The molecular weight excluding hydrogens is 350 g/mol. The summed E-state index contributed by atoms with van der Waals surface area (Å²) in [7, 11) is 3.82. The Morgan fingerprint density at radius 1 is 1.19 bits per heavy atom. The van der Waals surface area contributed by atoms with E-state index < -0.39 is 29.7 Å². The van der Waals surface area contributed by atoms with Crippen LogP contribution >= 0.6 is 0 Å². The summed E-state index contributed by atoms with van der Waals surface area (Å²) in [6, 6.07) is 5.59. The van der Waals surface area contributed by atoms with E-state index in [4.69, 9.17) is 4.74 Å². The number of carbonyl (C=O) groups is 3. The van der Waals surface area contributed by atoms with Gasteiger partial charge in [-0.1, -0.05) is 0 Å². The number of anilines is 1. The summed E-state index contributed by atoms with van der Waals surface area (Å²) < 4.78 is 5.28. The number of rotatable bonds is 4. The van der Waals surface area contributed by atoms with Gasteiger partial charge in [-0.2, -0.15) is 0 Å². The second-order valence-corrected chi connectivity index (χ2v) is 7.83. The highest BCUT2D eigenvalue weighted by atomic mass is 16.6. The van der Waals surface area contributed by atoms with E-state index in [-0.39, 0.29) is 18.9 Å². The van der Waals surface area contributed by atoms with Gasteiger partial charge < -0.3 is 20.1 Å². The molecule has 2 atom stereocenters. The Morgan fingerprint density at radius 3 is 2.26 bits per heavy atom. The van der Waals surface area contributed by atoms with Crippen LogP contribution in [0.1, 0.15) is 37.6 Å². The molecule has 2 rings (SSSR count). The molecule has 0 unspecified atom stereocenters. The molecule has 1 aromatic carbocycles. The number of hydrogen-bond donors (Lipinski definition) is 2. The summed E-state index contributed by atoms with van der Waals surface area (Å²) in [5, 5.41) is 12.2. The van der Waals surface area contributed by atoms with Crippen LogP contribution in [-0.4, -0.2) is 66.3 Å². The summed E-state index contributed by atoms with van der Waals surface area (Å²) in [5.74, 6) is -1.42. The first-order valence-electron chi connectivity index (χ1n) is 8.78. The fraction of sp³-hybridized carbons (Fsp3) is 0.526. The van der Waals surface area contributed by atoms with Crippen LogP contribution in [0.5, 0.6) is 0 Å². The summed E-state index contributed by atoms with van der Waals surface area (Å²) in [6.07, 6.45) is -0.558. The van der Waals surface area contributed by atoms with Gasteiger partial charge in [0.05, 0.1) is 0 Å². The molecule has 0 bridgehead atoms. The topological polar surface area (TPSA) is 99.2 Å². The summed E-state index contributed by atoms with van der Waals surface area (Å²) in [5.41, 5.74) is 0.716. The highest BCUT2D eigenvalue weighted by Crippen LogP contribution is 2.22. The van der Waals surface area contributed by atoms with Gasteiger partial charge in [-0.3, -0.25) is 9.69 Å². The van der Waals surface area contributed by atoms with Crippen molar-refractivity contribution in [1.29, 1.82) is 0 Å². The summed E-state index contributed by atoms with van der Waals surface area (Å²) in [6.45, 7) is 5.24. The van der Waals surface area contributed by atoms with Crippen molar-refractivity contribution in [1.82, 2.24) is 10.2 Å². The molecule has 1 fully saturated rings. The molecule has 8 nitrogen and oxygen atoms in total. The van der Waals surface area contributed by atoms with Crippen LogP contribution in [0.4, 0.5) is 10.5 Å². The monoisotopic (exact) mass is 377 g/mol. The van der Waals surface area contributed by atoms with Gasteiger partial charge in [0.2, 0.25) is 0 Å². The van der Waals surface area contributed by atoms with E-state index in [1.807, 2.05) is 31.1 Å². The van der Waals surface area contributed by atoms with Gasteiger partial charge >= 0.3 is 12.1 Å². The third-order valence-corrected chi connectivity index (χ3v) is 4.20. The van der Waals surface area contributed by atoms with Crippen molar-refractivity contribution >= 4 is 23.7 Å². The molecule has 2 N–H and O–H groups in total. The number of likely N-dealkylation sites (tertiary alicyclic amines) is 1. The average molecular weight is 377 g/mol. The van der Waals surface area contributed by atoms with Gasteiger partial charge in [-0.25, -0.2) is 9.59 Å². The van der Waals surface area contributed by atoms with Crippen molar-refractivity contribution in [3.8, 4) is 0 Å². The van der Waals surface area contributed by atoms with Crippen LogP contribution in [-0.2, 0) is 9.53 Å². The predicted molar refractivity (Wildman–Crippen MR) is 101 cm³/mol. The third-order valence-electron chi connectivity index (χ3n) is 4.20. The minimum Gasteiger partial charge on any atom is -0.480 e. The van der Waals surface area contributed by atoms with E-state index in [9.17, 15) is 19.5 Å². The maximum absolute atomic E-state index is 12.5. The molecule has 0 aromatic heterocycles. The zero-order valence-corrected chi connectivity index (χ0v) is 16.4. The Hall–Kier alpha value is -2.77. The molecule has 0 spiro atoms. The van der Waals surface area contributed by atoms with Crippen LogP contribution in [0.3, 0.4) is 0 Å². The van der Waals surface area contributed by atoms with E-state index in [0.717, 1.165) is 10.6 Å². The summed E-state index contributed by atoms with van der Waals surface area (Å²) >= 11 is 0. The van der Waals surface area contributed by atoms with Crippen molar-refractivity contribution in [2.24, 2.45) is 0 Å². The molecule has 1 aliphatic rings. The number of benzene rings is 1. The van der Waals surface area contributed by atoms with Crippen molar-refractivity contribution < 1.29 is 24.2 Å². The number of amides is 2. The normalized spacial score (nSPS) is 19.5. The molecule has 2 amide bonds. The first-order valence-corrected chi connectivity index (χ1v) is 8.78. The van der Waals surface area contributed by atoms with Gasteiger partial charge in [0, 0.05) is 44.4 Å². The number of aliphatic carboxylic acids is 1. The van der Waals surface area contributed by atoms with E-state index >= 15 is 0 Å². The van der Waals surface area contributed by atoms with E-state index in [1.54, 1.807) is 32.9 Å². The second kappa shape index (κ2) is 7.85. The number of hydrogen-bond acceptors (Lipinski definition) is 5. The Bertz CT molecular complexity index is 709. The quantitative estimate of drug-likeness (QED) is 0.832. The number of carboxylic acids is 1. The highest BCUT2D eigenvalue weighted by molar-refractivity contribution is 5.95. The van der Waals surface area contributed by atoms with Gasteiger partial charge in [-0.15, -0.1) is 0 Å². The lowest BCUT2D eigenvalue weighted by molar-refractivity contribution is -0.142. The van der Waals surface area contributed by atoms with Gasteiger partial charge in [0.15, 0.2) is 0 Å². The number of carboxylic acid groups (broad SMARTS) is 1. The van der Waals surface area contributed by atoms with Crippen molar-refractivity contribution in [2.45, 2.75) is 44.9 Å². The number of nitrogens with zero attached hydrogens (tertiary/aromatic N) is 2. The van der Waals surface area contributed by atoms with Crippen LogP contribution in [0.2, 0.25) is 0 Å². The first-order chi connectivity index (χ1) is 12.5. The molecule has 27 heavy (non-hydrogen) atoms. The molecule has 1 aliphatic heterocycles. The highest BCUT2D eigenvalue weighted by Gasteiger charge is 2.42. The summed E-state index contributed by atoms with van der Waals surface area (Å²) in [4.78, 5) is 39.4. The number of ether oxygens (including phenoxy) is 1. The molecule has 0 radical (unpaired) electrons. The van der Waals surface area contributed by atoms with Crippen LogP contribution < -0.4 is 10.2 Å². The molecule has 1 heterocycles. The van der Waals surface area contributed by atoms with Gasteiger partial charge in [0.1, 0.15) is 11.6 Å². The minimum absolute atomic E-state index is 0.0907. The lowest BCUT2D eigenvalue weighted by atomic mass is 10.1. The lowest BCUT2D eigenvalue weighted by Gasteiger charge is -2.26. The van der Waals surface area contributed by atoms with E-state index in [2.05, 4.69) is 5.32 Å². The zero-order valence-electron chi connectivity index (χ0n) is 16.4. The maximum Gasteiger partial charge on any atom is 0.411 e. The van der Waals surface area contributed by atoms with E-state index in [0.29, 0.717) is 5.56 Å². The number of nitrogens with one attached hydrogen (secondary N) is 1. The third kappa shape index (κ3) is 5.35. The average Bonchev–Trinajstić information content (AvgIpc) is 2.97. The standard InChI is InChI=1S/C19H27N3O5/c1-19(2,3)27-18(26)22-11-13(10-15(22)17(24)25)20-16(23)12-6-8-14(9-7-12)21(4)5/h6-9,13,15H,10-11H2,1-5H3,(H,20,23)(H,24,25)/t13-,15-/m0/s1. The van der Waals surface area contributed by atoms with Gasteiger partial charge in [-0.05, 0) is 45.0 Å². The SMILES string of the molecule is CN(C)c1ccc(C(=O)N[C@H]2C[C@@H](C(=O)O)N(C(=O)OC(C)(C)C)C2)cc1. The zero-order chi connectivity index (χ0) is 20.4. The fourth-order valence-corrected chi connectivity index (χ4v) is 2.88. The molecule has 148 valence electrons. The van der Waals surface area contributed by atoms with E-state index in [1.165, 1.54) is 0 Å². The fourth-order valence-electron chi connectivity index (χ4n) is 2.88. The molecule has 1 saturated heterocycles. The smallest absolute Gasteiger partial charge is 0.411 e. The minimum atomic E-state index is -1.12.